The third-order valence-electron chi connectivity index (χ3n) is 2.42. The number of anilines is 1. The van der Waals surface area contributed by atoms with Crippen molar-refractivity contribution in [3.8, 4) is 0 Å². The molecule has 0 bridgehead atoms. The standard InChI is InChI=1S/C11H10BF4NO3/c1-2-9(18)17-6-3-4-7(8(5-6)12(19)20)11(15,16)10(13)14/h2-5,10,19-20H,1H2,(H,17,18). The first-order valence-corrected chi connectivity index (χ1v) is 5.30. The zero-order chi connectivity index (χ0) is 15.5. The second-order valence-corrected chi connectivity index (χ2v) is 3.79. The minimum Gasteiger partial charge on any atom is -0.423 e. The predicted octanol–water partition coefficient (Wildman–Crippen LogP) is 0.848. The Balaban J connectivity index is 3.28. The van der Waals surface area contributed by atoms with Crippen LogP contribution in [0, 0.1) is 0 Å². The predicted molar refractivity (Wildman–Crippen MR) is 65.0 cm³/mol. The first-order chi connectivity index (χ1) is 9.20. The van der Waals surface area contributed by atoms with Gasteiger partial charge in [0.15, 0.2) is 0 Å². The van der Waals surface area contributed by atoms with E-state index in [1.165, 1.54) is 0 Å². The fraction of sp³-hybridized carbons (Fsp3) is 0.182. The Kier molecular flexibility index (Phi) is 4.90. The number of nitrogens with one attached hydrogen (secondary N) is 1. The number of hydrogen-bond donors (Lipinski definition) is 3. The van der Waals surface area contributed by atoms with E-state index < -0.39 is 36.4 Å². The minimum atomic E-state index is -4.54. The van der Waals surface area contributed by atoms with Crippen molar-refractivity contribution in [3.05, 3.63) is 36.4 Å². The maximum atomic E-state index is 13.3. The van der Waals surface area contributed by atoms with Gasteiger partial charge in [0.1, 0.15) is 0 Å². The van der Waals surface area contributed by atoms with Crippen LogP contribution in [-0.4, -0.2) is 29.5 Å². The zero-order valence-electron chi connectivity index (χ0n) is 9.99. The summed E-state index contributed by atoms with van der Waals surface area (Å²) in [6, 6.07) is 2.32. The summed E-state index contributed by atoms with van der Waals surface area (Å²) < 4.78 is 51.2. The van der Waals surface area contributed by atoms with Crippen LogP contribution in [0.25, 0.3) is 0 Å². The molecule has 108 valence electrons. The fourth-order valence-corrected chi connectivity index (χ4v) is 1.47. The van der Waals surface area contributed by atoms with Crippen molar-refractivity contribution in [1.29, 1.82) is 0 Å². The van der Waals surface area contributed by atoms with E-state index in [2.05, 4.69) is 11.9 Å². The number of carbonyl (C=O) groups excluding carboxylic acids is 1. The molecule has 0 aliphatic rings. The van der Waals surface area contributed by atoms with E-state index in [1.807, 2.05) is 0 Å². The molecule has 0 aliphatic heterocycles. The molecule has 0 aromatic heterocycles. The Bertz CT molecular complexity index is 522. The van der Waals surface area contributed by atoms with Crippen LogP contribution in [0.2, 0.25) is 0 Å². The number of carbonyl (C=O) groups is 1. The maximum Gasteiger partial charge on any atom is 0.489 e. The van der Waals surface area contributed by atoms with E-state index in [0.29, 0.717) is 6.07 Å². The Labute approximate surface area is 111 Å². The largest absolute Gasteiger partial charge is 0.489 e. The monoisotopic (exact) mass is 291 g/mol. The summed E-state index contributed by atoms with van der Waals surface area (Å²) in [5.74, 6) is -5.21. The first-order valence-electron chi connectivity index (χ1n) is 5.30. The van der Waals surface area contributed by atoms with Crippen molar-refractivity contribution in [3.63, 3.8) is 0 Å². The van der Waals surface area contributed by atoms with Gasteiger partial charge in [-0.1, -0.05) is 12.6 Å². The van der Waals surface area contributed by atoms with Crippen molar-refractivity contribution < 1.29 is 32.4 Å². The molecule has 20 heavy (non-hydrogen) atoms. The zero-order valence-corrected chi connectivity index (χ0v) is 9.99. The SMILES string of the molecule is C=CC(=O)Nc1ccc(C(F)(F)C(F)F)c(B(O)O)c1. The van der Waals surface area contributed by atoms with Crippen LogP contribution in [0.1, 0.15) is 5.56 Å². The van der Waals surface area contributed by atoms with E-state index in [4.69, 9.17) is 10.0 Å². The smallest absolute Gasteiger partial charge is 0.423 e. The van der Waals surface area contributed by atoms with Gasteiger partial charge in [0, 0.05) is 11.3 Å². The number of amides is 1. The highest BCUT2D eigenvalue weighted by Gasteiger charge is 2.45. The van der Waals surface area contributed by atoms with Gasteiger partial charge in [-0.2, -0.15) is 8.78 Å². The topological polar surface area (TPSA) is 69.6 Å². The molecular formula is C11H10BF4NO3. The number of halogens is 4. The maximum absolute atomic E-state index is 13.3. The molecule has 0 saturated carbocycles. The van der Waals surface area contributed by atoms with E-state index in [1.54, 1.807) is 0 Å². The summed E-state index contributed by atoms with van der Waals surface area (Å²) in [7, 11) is -2.39. The van der Waals surface area contributed by atoms with Gasteiger partial charge in [0.25, 0.3) is 0 Å². The quantitative estimate of drug-likeness (QED) is 0.428. The Morgan fingerprint density at radius 2 is 2.00 bits per heavy atom. The number of alkyl halides is 4. The van der Waals surface area contributed by atoms with Crippen LogP contribution in [0.15, 0.2) is 30.9 Å². The Hall–Kier alpha value is -1.87. The summed E-state index contributed by atoms with van der Waals surface area (Å²) in [5, 5.41) is 20.2. The lowest BCUT2D eigenvalue weighted by molar-refractivity contribution is -0.134. The van der Waals surface area contributed by atoms with Gasteiger partial charge in [-0.05, 0) is 23.7 Å². The normalized spacial score (nSPS) is 11.3. The molecule has 0 fully saturated rings. The van der Waals surface area contributed by atoms with Gasteiger partial charge >= 0.3 is 19.5 Å². The molecule has 1 rings (SSSR count). The van der Waals surface area contributed by atoms with Gasteiger partial charge in [0.05, 0.1) is 0 Å². The summed E-state index contributed by atoms with van der Waals surface area (Å²) in [6.07, 6.45) is -3.11. The third kappa shape index (κ3) is 3.37. The summed E-state index contributed by atoms with van der Waals surface area (Å²) >= 11 is 0. The Morgan fingerprint density at radius 3 is 2.45 bits per heavy atom. The van der Waals surface area contributed by atoms with Gasteiger partial charge in [-0.3, -0.25) is 4.79 Å². The number of hydrogen-bond acceptors (Lipinski definition) is 3. The molecule has 0 radical (unpaired) electrons. The highest BCUT2D eigenvalue weighted by Crippen LogP contribution is 2.34. The van der Waals surface area contributed by atoms with E-state index >= 15 is 0 Å². The fourth-order valence-electron chi connectivity index (χ4n) is 1.47. The summed E-state index contributed by atoms with van der Waals surface area (Å²) in [5.41, 5.74) is -2.11. The third-order valence-corrected chi connectivity index (χ3v) is 2.42. The van der Waals surface area contributed by atoms with Crippen molar-refractivity contribution >= 4 is 24.2 Å². The average molecular weight is 291 g/mol. The molecule has 1 aromatic carbocycles. The molecule has 3 N–H and O–H groups in total. The average Bonchev–Trinajstić information content (AvgIpc) is 2.37. The molecule has 0 saturated heterocycles. The summed E-state index contributed by atoms with van der Waals surface area (Å²) in [4.78, 5) is 11.0. The van der Waals surface area contributed by atoms with Crippen LogP contribution >= 0.6 is 0 Å². The van der Waals surface area contributed by atoms with Crippen molar-refractivity contribution in [2.45, 2.75) is 12.3 Å². The molecule has 9 heteroatoms. The lowest BCUT2D eigenvalue weighted by Crippen LogP contribution is -2.40. The molecule has 0 heterocycles. The molecule has 0 unspecified atom stereocenters. The molecule has 0 aliphatic carbocycles. The van der Waals surface area contributed by atoms with E-state index in [-0.39, 0.29) is 5.69 Å². The lowest BCUT2D eigenvalue weighted by Gasteiger charge is -2.20. The lowest BCUT2D eigenvalue weighted by atomic mass is 9.75. The molecule has 4 nitrogen and oxygen atoms in total. The van der Waals surface area contributed by atoms with Gasteiger partial charge < -0.3 is 15.4 Å². The second-order valence-electron chi connectivity index (χ2n) is 3.79. The van der Waals surface area contributed by atoms with Crippen LogP contribution in [-0.2, 0) is 10.7 Å². The molecule has 0 atom stereocenters. The highest BCUT2D eigenvalue weighted by atomic mass is 19.3. The summed E-state index contributed by atoms with van der Waals surface area (Å²) in [6.45, 7) is 3.16. The van der Waals surface area contributed by atoms with Crippen molar-refractivity contribution in [1.82, 2.24) is 0 Å². The highest BCUT2D eigenvalue weighted by molar-refractivity contribution is 6.59. The van der Waals surface area contributed by atoms with Gasteiger partial charge in [-0.15, -0.1) is 0 Å². The molecule has 1 amide bonds. The van der Waals surface area contributed by atoms with Gasteiger partial charge in [-0.25, -0.2) is 8.78 Å². The second kappa shape index (κ2) is 6.06. The van der Waals surface area contributed by atoms with Gasteiger partial charge in [0.2, 0.25) is 5.91 Å². The van der Waals surface area contributed by atoms with E-state index in [0.717, 1.165) is 18.2 Å². The van der Waals surface area contributed by atoms with E-state index in [9.17, 15) is 22.4 Å². The van der Waals surface area contributed by atoms with Crippen LogP contribution in [0.4, 0.5) is 23.2 Å². The van der Waals surface area contributed by atoms with Crippen LogP contribution in [0.3, 0.4) is 0 Å². The van der Waals surface area contributed by atoms with Crippen LogP contribution in [0.5, 0.6) is 0 Å². The molecule has 0 spiro atoms. The van der Waals surface area contributed by atoms with Crippen molar-refractivity contribution in [2.75, 3.05) is 5.32 Å². The first kappa shape index (κ1) is 16.2. The van der Waals surface area contributed by atoms with Crippen LogP contribution < -0.4 is 10.8 Å². The number of benzene rings is 1. The molecular weight excluding hydrogens is 281 g/mol. The molecule has 1 aromatic rings. The number of rotatable bonds is 5. The Morgan fingerprint density at radius 1 is 1.40 bits per heavy atom. The van der Waals surface area contributed by atoms with Crippen molar-refractivity contribution in [2.24, 2.45) is 0 Å². The minimum absolute atomic E-state index is 0.0631.